The second-order valence-corrected chi connectivity index (χ2v) is 7.65. The fourth-order valence-corrected chi connectivity index (χ4v) is 4.08. The Hall–Kier alpha value is -2.98. The molecule has 2 fully saturated rings. The first-order valence-electron chi connectivity index (χ1n) is 9.95. The first-order chi connectivity index (χ1) is 14.4. The second kappa shape index (κ2) is 8.41. The normalized spacial score (nSPS) is 21.2. The van der Waals surface area contributed by atoms with Crippen molar-refractivity contribution in [1.29, 1.82) is 0 Å². The summed E-state index contributed by atoms with van der Waals surface area (Å²) in [5.41, 5.74) is 12.5. The molecule has 3 atom stereocenters. The van der Waals surface area contributed by atoms with Gasteiger partial charge in [0.15, 0.2) is 0 Å². The minimum absolute atomic E-state index is 0.0842. The van der Waals surface area contributed by atoms with Gasteiger partial charge in [-0.1, -0.05) is 0 Å². The zero-order valence-electron chi connectivity index (χ0n) is 16.8. The maximum atomic E-state index is 13.3. The molecule has 5 N–H and O–H groups in total. The van der Waals surface area contributed by atoms with Gasteiger partial charge in [0.2, 0.25) is 11.9 Å². The Labute approximate surface area is 174 Å². The van der Waals surface area contributed by atoms with Crippen LogP contribution < -0.4 is 26.6 Å². The molecule has 2 unspecified atom stereocenters. The SMILES string of the molecule is C[C@H](Nc1cc(COCN)nc(N2CC3CC2CN3c2ccc(F)cc2)n1)C(N)=O. The fourth-order valence-electron chi connectivity index (χ4n) is 4.08. The highest BCUT2D eigenvalue weighted by molar-refractivity contribution is 5.82. The molecule has 160 valence electrons. The molecule has 4 rings (SSSR count). The highest BCUT2D eigenvalue weighted by atomic mass is 19.1. The molecular formula is C20H26FN7O2. The zero-order valence-corrected chi connectivity index (χ0v) is 16.8. The molecule has 1 amide bonds. The summed E-state index contributed by atoms with van der Waals surface area (Å²) in [4.78, 5) is 25.2. The van der Waals surface area contributed by atoms with Crippen molar-refractivity contribution in [1.82, 2.24) is 9.97 Å². The van der Waals surface area contributed by atoms with E-state index in [1.807, 2.05) is 12.1 Å². The number of piperazine rings is 1. The van der Waals surface area contributed by atoms with Crippen LogP contribution in [0.25, 0.3) is 0 Å². The van der Waals surface area contributed by atoms with Crippen LogP contribution in [-0.4, -0.2) is 53.8 Å². The third kappa shape index (κ3) is 4.14. The van der Waals surface area contributed by atoms with Crippen molar-refractivity contribution in [2.24, 2.45) is 11.5 Å². The summed E-state index contributed by atoms with van der Waals surface area (Å²) in [6, 6.07) is 8.31. The van der Waals surface area contributed by atoms with Gasteiger partial charge in [-0.2, -0.15) is 4.98 Å². The molecule has 9 nitrogen and oxygen atoms in total. The molecule has 10 heteroatoms. The van der Waals surface area contributed by atoms with Crippen LogP contribution in [0.4, 0.5) is 21.8 Å². The Morgan fingerprint density at radius 1 is 1.27 bits per heavy atom. The van der Waals surface area contributed by atoms with Gasteiger partial charge in [-0.25, -0.2) is 9.37 Å². The standard InChI is InChI=1S/C20H26FN7O2/c1-12(19(23)29)24-18-6-14(10-30-11-22)25-20(26-18)28-9-16-7-17(28)8-27(16)15-4-2-13(21)3-5-15/h2-6,12,16-17H,7-11,22H2,1H3,(H2,23,29)(H,24,25,26)/t12-,16?,17?/m0/s1. The van der Waals surface area contributed by atoms with E-state index >= 15 is 0 Å². The average Bonchev–Trinajstić information content (AvgIpc) is 3.33. The molecule has 0 radical (unpaired) electrons. The van der Waals surface area contributed by atoms with E-state index in [0.29, 0.717) is 23.5 Å². The lowest BCUT2D eigenvalue weighted by Crippen LogP contribution is -2.47. The van der Waals surface area contributed by atoms with E-state index in [2.05, 4.69) is 25.1 Å². The number of carbonyl (C=O) groups excluding carboxylic acids is 1. The number of carbonyl (C=O) groups is 1. The molecule has 2 aliphatic heterocycles. The van der Waals surface area contributed by atoms with Gasteiger partial charge in [0.1, 0.15) is 17.7 Å². The predicted octanol–water partition coefficient (Wildman–Crippen LogP) is 0.802. The molecule has 2 saturated heterocycles. The second-order valence-electron chi connectivity index (χ2n) is 7.65. The summed E-state index contributed by atoms with van der Waals surface area (Å²) < 4.78 is 18.6. The van der Waals surface area contributed by atoms with Crippen molar-refractivity contribution in [3.63, 3.8) is 0 Å². The summed E-state index contributed by atoms with van der Waals surface area (Å²) in [6.07, 6.45) is 0.977. The number of ether oxygens (including phenoxy) is 1. The third-order valence-electron chi connectivity index (χ3n) is 5.58. The van der Waals surface area contributed by atoms with Crippen LogP contribution in [0.3, 0.4) is 0 Å². The Balaban J connectivity index is 1.53. The van der Waals surface area contributed by atoms with Gasteiger partial charge in [-0.3, -0.25) is 4.79 Å². The summed E-state index contributed by atoms with van der Waals surface area (Å²) >= 11 is 0. The molecular weight excluding hydrogens is 389 g/mol. The number of nitrogens with zero attached hydrogens (tertiary/aromatic N) is 4. The summed E-state index contributed by atoms with van der Waals surface area (Å²) in [5, 5.41) is 3.02. The predicted molar refractivity (Wildman–Crippen MR) is 111 cm³/mol. The molecule has 1 aromatic carbocycles. The molecule has 0 aliphatic carbocycles. The van der Waals surface area contributed by atoms with Crippen molar-refractivity contribution < 1.29 is 13.9 Å². The van der Waals surface area contributed by atoms with Crippen LogP contribution in [-0.2, 0) is 16.1 Å². The van der Waals surface area contributed by atoms with Gasteiger partial charge in [0, 0.05) is 30.9 Å². The Bertz CT molecular complexity index is 911. The summed E-state index contributed by atoms with van der Waals surface area (Å²) in [7, 11) is 0. The number of rotatable bonds is 8. The lowest BCUT2D eigenvalue weighted by Gasteiger charge is -2.35. The first kappa shape index (κ1) is 20.3. The number of aromatic nitrogens is 2. The van der Waals surface area contributed by atoms with Gasteiger partial charge >= 0.3 is 0 Å². The molecule has 0 spiro atoms. The molecule has 3 heterocycles. The van der Waals surface area contributed by atoms with Crippen LogP contribution in [0.2, 0.25) is 0 Å². The van der Waals surface area contributed by atoms with Crippen LogP contribution in [0.1, 0.15) is 19.0 Å². The number of hydrogen-bond acceptors (Lipinski definition) is 8. The molecule has 2 aliphatic rings. The van der Waals surface area contributed by atoms with Crippen LogP contribution in [0.15, 0.2) is 30.3 Å². The van der Waals surface area contributed by atoms with Gasteiger partial charge in [0.05, 0.1) is 25.1 Å². The first-order valence-corrected chi connectivity index (χ1v) is 9.95. The fraction of sp³-hybridized carbons (Fsp3) is 0.450. The number of nitrogens with one attached hydrogen (secondary N) is 1. The zero-order chi connectivity index (χ0) is 21.3. The van der Waals surface area contributed by atoms with E-state index in [1.54, 1.807) is 13.0 Å². The minimum Gasteiger partial charge on any atom is -0.368 e. The van der Waals surface area contributed by atoms with Crippen molar-refractivity contribution >= 4 is 23.4 Å². The Morgan fingerprint density at radius 2 is 1.97 bits per heavy atom. The number of nitrogens with two attached hydrogens (primary N) is 2. The number of benzene rings is 1. The van der Waals surface area contributed by atoms with Gasteiger partial charge < -0.3 is 31.3 Å². The van der Waals surface area contributed by atoms with Crippen molar-refractivity contribution in [3.05, 3.63) is 41.8 Å². The van der Waals surface area contributed by atoms with Gasteiger partial charge in [-0.15, -0.1) is 0 Å². The average molecular weight is 415 g/mol. The largest absolute Gasteiger partial charge is 0.368 e. The van der Waals surface area contributed by atoms with E-state index in [0.717, 1.165) is 25.2 Å². The summed E-state index contributed by atoms with van der Waals surface area (Å²) in [6.45, 7) is 3.58. The maximum Gasteiger partial charge on any atom is 0.239 e. The number of hydrogen-bond donors (Lipinski definition) is 3. The highest BCUT2D eigenvalue weighted by Crippen LogP contribution is 2.36. The van der Waals surface area contributed by atoms with Gasteiger partial charge in [0.25, 0.3) is 0 Å². The number of primary amides is 1. The van der Waals surface area contributed by atoms with Crippen LogP contribution in [0.5, 0.6) is 0 Å². The molecule has 30 heavy (non-hydrogen) atoms. The van der Waals surface area contributed by atoms with E-state index in [1.165, 1.54) is 12.1 Å². The molecule has 1 aromatic heterocycles. The van der Waals surface area contributed by atoms with Crippen molar-refractivity contribution in [3.8, 4) is 0 Å². The van der Waals surface area contributed by atoms with Gasteiger partial charge in [-0.05, 0) is 37.6 Å². The number of fused-ring (bicyclic) bond motifs is 2. The lowest BCUT2D eigenvalue weighted by molar-refractivity contribution is -0.118. The van der Waals surface area contributed by atoms with E-state index < -0.39 is 11.9 Å². The minimum atomic E-state index is -0.569. The molecule has 2 aromatic rings. The Morgan fingerprint density at radius 3 is 2.60 bits per heavy atom. The lowest BCUT2D eigenvalue weighted by atomic mass is 10.2. The van der Waals surface area contributed by atoms with Crippen LogP contribution >= 0.6 is 0 Å². The Kier molecular flexibility index (Phi) is 5.69. The van der Waals surface area contributed by atoms with Crippen molar-refractivity contribution in [2.45, 2.75) is 38.1 Å². The third-order valence-corrected chi connectivity index (χ3v) is 5.58. The molecule has 2 bridgehead atoms. The number of amides is 1. The highest BCUT2D eigenvalue weighted by Gasteiger charge is 2.44. The summed E-state index contributed by atoms with van der Waals surface area (Å²) in [5.74, 6) is 0.392. The van der Waals surface area contributed by atoms with Crippen LogP contribution in [0, 0.1) is 5.82 Å². The number of halogens is 1. The maximum absolute atomic E-state index is 13.3. The van der Waals surface area contributed by atoms with E-state index in [4.69, 9.17) is 16.2 Å². The number of anilines is 3. The monoisotopic (exact) mass is 415 g/mol. The molecule has 0 saturated carbocycles. The topological polar surface area (TPSA) is 123 Å². The van der Waals surface area contributed by atoms with E-state index in [-0.39, 0.29) is 25.2 Å². The van der Waals surface area contributed by atoms with E-state index in [9.17, 15) is 9.18 Å². The smallest absolute Gasteiger partial charge is 0.239 e. The quantitative estimate of drug-likeness (QED) is 0.541. The van der Waals surface area contributed by atoms with Crippen molar-refractivity contribution in [2.75, 3.05) is 34.9 Å².